The fourth-order valence-corrected chi connectivity index (χ4v) is 3.48. The number of likely N-dealkylation sites (N-methyl/N-ethyl adjacent to an activating group) is 1. The third-order valence-corrected chi connectivity index (χ3v) is 5.03. The number of aromatic nitrogens is 4. The maximum Gasteiger partial charge on any atom is 0.414 e. The number of nitrogens with zero attached hydrogens (tertiary/aromatic N) is 5. The summed E-state index contributed by atoms with van der Waals surface area (Å²) in [5.41, 5.74) is 4.73. The van der Waals surface area contributed by atoms with Crippen LogP contribution in [0.2, 0.25) is 0 Å². The highest BCUT2D eigenvalue weighted by Gasteiger charge is 2.22. The van der Waals surface area contributed by atoms with Crippen molar-refractivity contribution >= 4 is 52.3 Å². The largest absolute Gasteiger partial charge is 0.473 e. The minimum atomic E-state index is -1.82. The van der Waals surface area contributed by atoms with Gasteiger partial charge in [0.2, 0.25) is 5.95 Å². The third kappa shape index (κ3) is 7.79. The maximum absolute atomic E-state index is 9.10. The number of hydrogen-bond donors (Lipinski definition) is 5. The number of aliphatic carboxylic acids is 4. The predicted octanol–water partition coefficient (Wildman–Crippen LogP) is 0.363. The Morgan fingerprint density at radius 2 is 1.74 bits per heavy atom. The zero-order valence-corrected chi connectivity index (χ0v) is 18.7. The van der Waals surface area contributed by atoms with Gasteiger partial charge in [0.25, 0.3) is 0 Å². The number of thiazole rings is 1. The molecule has 34 heavy (non-hydrogen) atoms. The van der Waals surface area contributed by atoms with Gasteiger partial charge in [0.15, 0.2) is 5.65 Å². The lowest BCUT2D eigenvalue weighted by atomic mass is 10.3. The molecule has 0 radical (unpaired) electrons. The van der Waals surface area contributed by atoms with Gasteiger partial charge in [-0.05, 0) is 32.1 Å². The minimum absolute atomic E-state index is 0.441. The van der Waals surface area contributed by atoms with Crippen molar-refractivity contribution in [2.24, 2.45) is 0 Å². The number of rotatable bonds is 4. The molecule has 4 heterocycles. The number of fused-ring (bicyclic) bond motifs is 1. The van der Waals surface area contributed by atoms with E-state index < -0.39 is 23.9 Å². The lowest BCUT2D eigenvalue weighted by Crippen LogP contribution is -2.25. The van der Waals surface area contributed by atoms with Crippen LogP contribution in [0.4, 0.5) is 5.95 Å². The van der Waals surface area contributed by atoms with Crippen molar-refractivity contribution in [3.63, 3.8) is 0 Å². The highest BCUT2D eigenvalue weighted by Crippen LogP contribution is 2.21. The van der Waals surface area contributed by atoms with Gasteiger partial charge in [-0.2, -0.15) is 0 Å². The van der Waals surface area contributed by atoms with E-state index in [1.807, 2.05) is 23.8 Å². The van der Waals surface area contributed by atoms with E-state index in [1.54, 1.807) is 11.3 Å². The Balaban J connectivity index is 0.000000285. The second-order valence-corrected chi connectivity index (χ2v) is 7.68. The molecule has 3 aromatic heterocycles. The first-order valence-electron chi connectivity index (χ1n) is 9.64. The topological polar surface area (TPSA) is 208 Å². The quantitative estimate of drug-likeness (QED) is 0.311. The second-order valence-electron chi connectivity index (χ2n) is 6.96. The van der Waals surface area contributed by atoms with E-state index in [2.05, 4.69) is 37.2 Å². The van der Waals surface area contributed by atoms with Crippen LogP contribution in [0.3, 0.4) is 0 Å². The van der Waals surface area contributed by atoms with Gasteiger partial charge in [-0.3, -0.25) is 4.57 Å². The molecule has 1 aliphatic heterocycles. The average molecular weight is 494 g/mol. The van der Waals surface area contributed by atoms with Crippen LogP contribution in [0.25, 0.3) is 11.2 Å². The van der Waals surface area contributed by atoms with Crippen molar-refractivity contribution in [1.82, 2.24) is 24.4 Å². The van der Waals surface area contributed by atoms with E-state index in [0.717, 1.165) is 42.3 Å². The fourth-order valence-electron chi connectivity index (χ4n) is 2.93. The van der Waals surface area contributed by atoms with Gasteiger partial charge in [-0.15, -0.1) is 11.3 Å². The molecule has 14 nitrogen and oxygen atoms in total. The van der Waals surface area contributed by atoms with Crippen LogP contribution in [-0.2, 0) is 25.7 Å². The molecule has 0 bridgehead atoms. The minimum Gasteiger partial charge on any atom is -0.473 e. The molecule has 1 fully saturated rings. The first-order valence-corrected chi connectivity index (χ1v) is 10.6. The van der Waals surface area contributed by atoms with Gasteiger partial charge in [0.05, 0.1) is 17.7 Å². The molecular weight excluding hydrogens is 472 g/mol. The molecule has 0 amide bonds. The van der Waals surface area contributed by atoms with Crippen LogP contribution in [0.15, 0.2) is 29.2 Å². The standard InChI is InChI=1S/C15H18N6S.2C2H2O4/c1-20-6-4-11(7-20)18-15-19-13-3-2-5-16-14(13)21(15)8-12-9-22-10-17-12;2*3-1(4)2(5)6/h2-3,5,9-11H,4,6-8H2,1H3,(H,18,19);2*(H,3,4)(H,5,6). The van der Waals surface area contributed by atoms with Gasteiger partial charge < -0.3 is 30.6 Å². The Morgan fingerprint density at radius 1 is 1.09 bits per heavy atom. The molecule has 3 aromatic rings. The lowest BCUT2D eigenvalue weighted by Gasteiger charge is -2.15. The highest BCUT2D eigenvalue weighted by atomic mass is 32.1. The Hall–Kier alpha value is -4.11. The molecule has 1 aliphatic rings. The first-order chi connectivity index (χ1) is 16.1. The molecule has 1 atom stereocenters. The molecule has 4 rings (SSSR count). The average Bonchev–Trinajstić information content (AvgIpc) is 3.51. The number of anilines is 1. The molecule has 1 saturated heterocycles. The predicted molar refractivity (Wildman–Crippen MR) is 119 cm³/mol. The molecular formula is C19H22N6O8S. The summed E-state index contributed by atoms with van der Waals surface area (Å²) in [5, 5.41) is 35.2. The van der Waals surface area contributed by atoms with Gasteiger partial charge >= 0.3 is 23.9 Å². The Labute approximate surface area is 196 Å². The first kappa shape index (κ1) is 26.1. The number of carboxylic acids is 4. The summed E-state index contributed by atoms with van der Waals surface area (Å²) in [6, 6.07) is 4.37. The van der Waals surface area contributed by atoms with Crippen molar-refractivity contribution in [3.05, 3.63) is 34.9 Å². The van der Waals surface area contributed by atoms with Gasteiger partial charge in [-0.25, -0.2) is 34.1 Å². The summed E-state index contributed by atoms with van der Waals surface area (Å²) in [7, 11) is 2.15. The highest BCUT2D eigenvalue weighted by molar-refractivity contribution is 7.07. The molecule has 0 saturated carbocycles. The summed E-state index contributed by atoms with van der Waals surface area (Å²) in [4.78, 5) is 52.3. The molecule has 5 N–H and O–H groups in total. The summed E-state index contributed by atoms with van der Waals surface area (Å²) in [6.07, 6.45) is 2.96. The molecule has 0 aliphatic carbocycles. The van der Waals surface area contributed by atoms with E-state index in [-0.39, 0.29) is 0 Å². The van der Waals surface area contributed by atoms with E-state index in [9.17, 15) is 0 Å². The molecule has 0 spiro atoms. The van der Waals surface area contributed by atoms with Crippen molar-refractivity contribution < 1.29 is 39.6 Å². The normalized spacial score (nSPS) is 14.9. The molecule has 15 heteroatoms. The van der Waals surface area contributed by atoms with Crippen LogP contribution in [0, 0.1) is 0 Å². The van der Waals surface area contributed by atoms with E-state index in [1.165, 1.54) is 0 Å². The SMILES string of the molecule is CN1CCC(Nc2nc3cccnc3n2Cc2cscn2)C1.O=C(O)C(=O)O.O=C(O)C(=O)O. The Kier molecular flexibility index (Phi) is 9.39. The maximum atomic E-state index is 9.10. The zero-order valence-electron chi connectivity index (χ0n) is 17.9. The number of carboxylic acid groups (broad SMARTS) is 4. The molecule has 0 aromatic carbocycles. The van der Waals surface area contributed by atoms with Crippen LogP contribution in [0.1, 0.15) is 12.1 Å². The zero-order chi connectivity index (χ0) is 25.3. The van der Waals surface area contributed by atoms with Crippen molar-refractivity contribution in [2.45, 2.75) is 19.0 Å². The van der Waals surface area contributed by atoms with Crippen molar-refractivity contribution in [2.75, 3.05) is 25.5 Å². The van der Waals surface area contributed by atoms with E-state index in [0.29, 0.717) is 12.6 Å². The van der Waals surface area contributed by atoms with E-state index >= 15 is 0 Å². The van der Waals surface area contributed by atoms with Crippen LogP contribution >= 0.6 is 11.3 Å². The van der Waals surface area contributed by atoms with Crippen molar-refractivity contribution in [1.29, 1.82) is 0 Å². The van der Waals surface area contributed by atoms with Gasteiger partial charge in [0.1, 0.15) is 5.52 Å². The summed E-state index contributed by atoms with van der Waals surface area (Å²) < 4.78 is 2.13. The molecule has 182 valence electrons. The van der Waals surface area contributed by atoms with Crippen LogP contribution in [0.5, 0.6) is 0 Å². The molecule has 1 unspecified atom stereocenters. The van der Waals surface area contributed by atoms with E-state index in [4.69, 9.17) is 44.6 Å². The van der Waals surface area contributed by atoms with Gasteiger partial charge in [0, 0.05) is 24.2 Å². The number of nitrogens with one attached hydrogen (secondary N) is 1. The number of likely N-dealkylation sites (tertiary alicyclic amines) is 1. The van der Waals surface area contributed by atoms with Crippen molar-refractivity contribution in [3.8, 4) is 0 Å². The van der Waals surface area contributed by atoms with Crippen LogP contribution in [-0.4, -0.2) is 94.9 Å². The summed E-state index contributed by atoms with van der Waals surface area (Å²) in [6.45, 7) is 2.87. The number of pyridine rings is 1. The fraction of sp³-hybridized carbons (Fsp3) is 0.316. The summed E-state index contributed by atoms with van der Waals surface area (Å²) >= 11 is 1.61. The monoisotopic (exact) mass is 494 g/mol. The number of hydrogen-bond acceptors (Lipinski definition) is 10. The van der Waals surface area contributed by atoms with Gasteiger partial charge in [-0.1, -0.05) is 0 Å². The second kappa shape index (κ2) is 12.2. The lowest BCUT2D eigenvalue weighted by molar-refractivity contribution is -0.159. The smallest absolute Gasteiger partial charge is 0.414 e. The Morgan fingerprint density at radius 3 is 2.24 bits per heavy atom. The number of carbonyl (C=O) groups is 4. The summed E-state index contributed by atoms with van der Waals surface area (Å²) in [5.74, 6) is -6.41. The Bertz CT molecular complexity index is 1100. The van der Waals surface area contributed by atoms with Crippen LogP contribution < -0.4 is 5.32 Å². The third-order valence-electron chi connectivity index (χ3n) is 4.40. The number of imidazole rings is 1.